The number of hydrogen-bond donors (Lipinski definition) is 2. The van der Waals surface area contributed by atoms with E-state index in [2.05, 4.69) is 5.32 Å². The lowest BCUT2D eigenvalue weighted by atomic mass is 9.82. The van der Waals surface area contributed by atoms with Gasteiger partial charge in [0.1, 0.15) is 5.41 Å². The molecule has 0 aromatic heterocycles. The highest BCUT2D eigenvalue weighted by Gasteiger charge is 2.48. The van der Waals surface area contributed by atoms with E-state index in [4.69, 9.17) is 0 Å². The normalized spacial score (nSPS) is 20.9. The van der Waals surface area contributed by atoms with Crippen molar-refractivity contribution in [3.05, 3.63) is 71.3 Å². The summed E-state index contributed by atoms with van der Waals surface area (Å²) in [4.78, 5) is 24.2. The van der Waals surface area contributed by atoms with Gasteiger partial charge in [-0.2, -0.15) is 13.2 Å². The number of alkyl halides is 3. The molecule has 3 unspecified atom stereocenters. The zero-order valence-electron chi connectivity index (χ0n) is 15.2. The largest absolute Gasteiger partial charge is 0.481 e. The van der Waals surface area contributed by atoms with E-state index in [1.54, 1.807) is 30.3 Å². The average molecular weight is 391 g/mol. The van der Waals surface area contributed by atoms with E-state index in [9.17, 15) is 27.9 Å². The molecule has 1 aliphatic carbocycles. The van der Waals surface area contributed by atoms with Crippen molar-refractivity contribution in [2.75, 3.05) is 6.54 Å². The summed E-state index contributed by atoms with van der Waals surface area (Å²) >= 11 is 0. The molecule has 1 saturated carbocycles. The van der Waals surface area contributed by atoms with Crippen LogP contribution in [0, 0.1) is 5.92 Å². The van der Waals surface area contributed by atoms with Crippen LogP contribution in [-0.4, -0.2) is 23.5 Å². The van der Waals surface area contributed by atoms with Crippen LogP contribution in [0.1, 0.15) is 36.0 Å². The minimum absolute atomic E-state index is 0.110. The first kappa shape index (κ1) is 19.9. The first-order valence-electron chi connectivity index (χ1n) is 8.87. The van der Waals surface area contributed by atoms with Crippen molar-refractivity contribution in [3.63, 3.8) is 0 Å². The smallest absolute Gasteiger partial charge is 0.416 e. The lowest BCUT2D eigenvalue weighted by Gasteiger charge is -2.25. The van der Waals surface area contributed by atoms with Gasteiger partial charge in [-0.15, -0.1) is 0 Å². The molecule has 2 aromatic carbocycles. The molecule has 4 nitrogen and oxygen atoms in total. The summed E-state index contributed by atoms with van der Waals surface area (Å²) in [5.41, 5.74) is -1.41. The highest BCUT2D eigenvalue weighted by atomic mass is 19.4. The summed E-state index contributed by atoms with van der Waals surface area (Å²) in [5.74, 6) is -2.61. The number of benzene rings is 2. The third kappa shape index (κ3) is 3.88. The van der Waals surface area contributed by atoms with Gasteiger partial charge in [-0.05, 0) is 36.5 Å². The number of amides is 1. The summed E-state index contributed by atoms with van der Waals surface area (Å²) in [5, 5.41) is 12.3. The van der Waals surface area contributed by atoms with Gasteiger partial charge in [-0.1, -0.05) is 48.5 Å². The molecule has 2 N–H and O–H groups in total. The second-order valence-electron chi connectivity index (χ2n) is 7.25. The molecule has 7 heteroatoms. The minimum Gasteiger partial charge on any atom is -0.481 e. The second kappa shape index (κ2) is 7.30. The molecule has 0 aliphatic heterocycles. The second-order valence-corrected chi connectivity index (χ2v) is 7.25. The molecular formula is C21H20F3NO3. The Balaban J connectivity index is 1.70. The molecule has 0 spiro atoms. The maximum absolute atomic E-state index is 13.2. The van der Waals surface area contributed by atoms with Crippen LogP contribution >= 0.6 is 0 Å². The number of carboxylic acid groups (broad SMARTS) is 1. The summed E-state index contributed by atoms with van der Waals surface area (Å²) < 4.78 is 39.5. The van der Waals surface area contributed by atoms with Gasteiger partial charge in [-0.25, -0.2) is 0 Å². The molecule has 1 amide bonds. The van der Waals surface area contributed by atoms with Crippen molar-refractivity contribution in [2.24, 2.45) is 5.92 Å². The number of carboxylic acids is 1. The van der Waals surface area contributed by atoms with Gasteiger partial charge >= 0.3 is 12.1 Å². The summed E-state index contributed by atoms with van der Waals surface area (Å²) in [6.45, 7) is 1.36. The maximum atomic E-state index is 13.2. The van der Waals surface area contributed by atoms with Crippen LogP contribution in [0.5, 0.6) is 0 Å². The van der Waals surface area contributed by atoms with E-state index in [-0.39, 0.29) is 12.1 Å². The van der Waals surface area contributed by atoms with Crippen LogP contribution in [0.2, 0.25) is 0 Å². The Kier molecular flexibility index (Phi) is 5.19. The number of rotatable bonds is 6. The predicted octanol–water partition coefficient (Wildman–Crippen LogP) is 3.97. The van der Waals surface area contributed by atoms with Crippen molar-refractivity contribution >= 4 is 11.9 Å². The quantitative estimate of drug-likeness (QED) is 0.783. The first-order chi connectivity index (χ1) is 13.1. The Morgan fingerprint density at radius 3 is 2.29 bits per heavy atom. The molecular weight excluding hydrogens is 371 g/mol. The van der Waals surface area contributed by atoms with E-state index in [1.807, 2.05) is 0 Å². The van der Waals surface area contributed by atoms with E-state index in [1.165, 1.54) is 25.1 Å². The van der Waals surface area contributed by atoms with E-state index in [0.717, 1.165) is 6.07 Å². The van der Waals surface area contributed by atoms with Gasteiger partial charge in [0, 0.05) is 12.5 Å². The number of carbonyl (C=O) groups is 2. The van der Waals surface area contributed by atoms with Crippen molar-refractivity contribution in [3.8, 4) is 0 Å². The van der Waals surface area contributed by atoms with Gasteiger partial charge in [0.05, 0.1) is 5.56 Å². The molecule has 3 rings (SSSR count). The van der Waals surface area contributed by atoms with Crippen LogP contribution in [-0.2, 0) is 21.2 Å². The molecule has 2 aromatic rings. The van der Waals surface area contributed by atoms with Crippen molar-refractivity contribution in [1.82, 2.24) is 5.32 Å². The van der Waals surface area contributed by atoms with Crippen LogP contribution in [0.3, 0.4) is 0 Å². The third-order valence-corrected chi connectivity index (χ3v) is 5.29. The Hall–Kier alpha value is -2.83. The van der Waals surface area contributed by atoms with Crippen LogP contribution < -0.4 is 5.32 Å². The topological polar surface area (TPSA) is 66.4 Å². The molecule has 0 heterocycles. The van der Waals surface area contributed by atoms with Gasteiger partial charge in [0.15, 0.2) is 0 Å². The van der Waals surface area contributed by atoms with Crippen LogP contribution in [0.15, 0.2) is 54.6 Å². The van der Waals surface area contributed by atoms with Crippen molar-refractivity contribution in [1.29, 1.82) is 0 Å². The fraction of sp³-hybridized carbons (Fsp3) is 0.333. The van der Waals surface area contributed by atoms with Gasteiger partial charge in [0.25, 0.3) is 0 Å². The van der Waals surface area contributed by atoms with E-state index in [0.29, 0.717) is 12.0 Å². The zero-order chi connectivity index (χ0) is 20.5. The molecule has 1 aliphatic rings. The summed E-state index contributed by atoms with van der Waals surface area (Å²) in [6.07, 6.45) is -4.16. The van der Waals surface area contributed by atoms with E-state index >= 15 is 0 Å². The van der Waals surface area contributed by atoms with E-state index < -0.39 is 40.9 Å². The average Bonchev–Trinajstić information content (AvgIpc) is 3.46. The fourth-order valence-corrected chi connectivity index (χ4v) is 3.41. The number of carbonyl (C=O) groups excluding carboxylic acids is 1. The molecule has 0 bridgehead atoms. The number of hydrogen-bond acceptors (Lipinski definition) is 2. The predicted molar refractivity (Wildman–Crippen MR) is 96.7 cm³/mol. The zero-order valence-corrected chi connectivity index (χ0v) is 15.2. The lowest BCUT2D eigenvalue weighted by Crippen LogP contribution is -2.44. The Labute approximate surface area is 160 Å². The Morgan fingerprint density at radius 2 is 1.68 bits per heavy atom. The Morgan fingerprint density at radius 1 is 1.07 bits per heavy atom. The van der Waals surface area contributed by atoms with Crippen molar-refractivity contribution < 1.29 is 27.9 Å². The highest BCUT2D eigenvalue weighted by molar-refractivity contribution is 5.86. The van der Waals surface area contributed by atoms with Crippen molar-refractivity contribution in [2.45, 2.75) is 30.9 Å². The lowest BCUT2D eigenvalue weighted by molar-refractivity contribution is -0.143. The number of halogens is 3. The minimum atomic E-state index is -4.48. The molecule has 28 heavy (non-hydrogen) atoms. The Bertz CT molecular complexity index is 882. The van der Waals surface area contributed by atoms with Crippen LogP contribution in [0.25, 0.3) is 0 Å². The standard InChI is InChI=1S/C21H20F3NO3/c1-20(19(27)28,13-7-3-2-4-8-13)12-25-18(26)16-11-15(16)14-9-5-6-10-17(14)21(22,23)24/h2-10,15-16H,11-12H2,1H3,(H,25,26)(H,27,28). The maximum Gasteiger partial charge on any atom is 0.416 e. The fourth-order valence-electron chi connectivity index (χ4n) is 3.41. The third-order valence-electron chi connectivity index (χ3n) is 5.29. The number of aliphatic carboxylic acids is 1. The molecule has 0 saturated heterocycles. The monoisotopic (exact) mass is 391 g/mol. The SMILES string of the molecule is CC(CNC(=O)C1CC1c1ccccc1C(F)(F)F)(C(=O)O)c1ccccc1. The molecule has 148 valence electrons. The van der Waals surface area contributed by atoms with Gasteiger partial charge < -0.3 is 10.4 Å². The summed E-state index contributed by atoms with van der Waals surface area (Å²) in [6, 6.07) is 13.8. The molecule has 1 fully saturated rings. The van der Waals surface area contributed by atoms with Gasteiger partial charge in [-0.3, -0.25) is 9.59 Å². The summed E-state index contributed by atoms with van der Waals surface area (Å²) in [7, 11) is 0. The molecule has 0 radical (unpaired) electrons. The molecule has 3 atom stereocenters. The first-order valence-corrected chi connectivity index (χ1v) is 8.87. The van der Waals surface area contributed by atoms with Gasteiger partial charge in [0.2, 0.25) is 5.91 Å². The highest BCUT2D eigenvalue weighted by Crippen LogP contribution is 2.51. The van der Waals surface area contributed by atoms with Crippen LogP contribution in [0.4, 0.5) is 13.2 Å². The number of nitrogens with one attached hydrogen (secondary N) is 1.